The van der Waals surface area contributed by atoms with Crippen LogP contribution in [0.3, 0.4) is 0 Å². The number of amides is 4. The summed E-state index contributed by atoms with van der Waals surface area (Å²) in [4.78, 5) is 69.1. The number of nitrogens with zero attached hydrogens (tertiary/aromatic N) is 4. The molecule has 14 nitrogen and oxygen atoms in total. The Hall–Kier alpha value is -4.69. The Balaban J connectivity index is 1.33. The number of nitrogens with two attached hydrogens (primary N) is 1. The van der Waals surface area contributed by atoms with Crippen LogP contribution >= 0.6 is 0 Å². The van der Waals surface area contributed by atoms with E-state index in [1.165, 1.54) is 15.8 Å². The minimum absolute atomic E-state index is 0.0175. The summed E-state index contributed by atoms with van der Waals surface area (Å²) in [6.07, 6.45) is 6.97. The van der Waals surface area contributed by atoms with Gasteiger partial charge >= 0.3 is 0 Å². The van der Waals surface area contributed by atoms with Crippen LogP contribution in [0.5, 0.6) is 0 Å². The third kappa shape index (κ3) is 7.26. The first-order valence-electron chi connectivity index (χ1n) is 17.3. The third-order valence-corrected chi connectivity index (χ3v) is 10.4. The second-order valence-corrected chi connectivity index (χ2v) is 14.4. The van der Waals surface area contributed by atoms with Crippen LogP contribution in [0.15, 0.2) is 48.7 Å². The van der Waals surface area contributed by atoms with Crippen LogP contribution in [0.1, 0.15) is 87.3 Å². The van der Waals surface area contributed by atoms with Crippen molar-refractivity contribution in [1.29, 1.82) is 0 Å². The molecule has 1 aromatic heterocycles. The lowest BCUT2D eigenvalue weighted by Crippen LogP contribution is -2.62. The van der Waals surface area contributed by atoms with Crippen molar-refractivity contribution >= 4 is 40.2 Å². The maximum Gasteiger partial charge on any atom is 0.287 e. The van der Waals surface area contributed by atoms with E-state index in [9.17, 15) is 29.1 Å². The van der Waals surface area contributed by atoms with Gasteiger partial charge in [0.15, 0.2) is 0 Å². The van der Waals surface area contributed by atoms with Crippen molar-refractivity contribution < 1.29 is 33.8 Å². The average molecular weight is 688 g/mol. The lowest BCUT2D eigenvalue weighted by molar-refractivity contribution is -0.144. The van der Waals surface area contributed by atoms with Gasteiger partial charge in [-0.05, 0) is 49.1 Å². The van der Waals surface area contributed by atoms with Crippen molar-refractivity contribution in [2.45, 2.75) is 94.5 Å². The molecule has 0 spiro atoms. The van der Waals surface area contributed by atoms with E-state index >= 15 is 0 Å². The first-order valence-corrected chi connectivity index (χ1v) is 17.3. The largest absolute Gasteiger partial charge is 0.384 e. The van der Waals surface area contributed by atoms with Crippen molar-refractivity contribution in [1.82, 2.24) is 30.5 Å². The first kappa shape index (κ1) is 35.1. The van der Waals surface area contributed by atoms with Gasteiger partial charge < -0.3 is 31.1 Å². The van der Waals surface area contributed by atoms with Gasteiger partial charge in [-0.25, -0.2) is 4.68 Å². The van der Waals surface area contributed by atoms with Crippen molar-refractivity contribution in [2.75, 3.05) is 19.8 Å². The Kier molecular flexibility index (Phi) is 10.0. The molecule has 2 saturated heterocycles. The molecular weight excluding hydrogens is 642 g/mol. The smallest absolute Gasteiger partial charge is 0.287 e. The number of carbonyl (C=O) groups is 5. The summed E-state index contributed by atoms with van der Waals surface area (Å²) in [5.41, 5.74) is 3.18. The molecule has 1 aliphatic carbocycles. The normalized spacial score (nSPS) is 23.5. The number of Topliss-reactive ketones (excluding diaryl/α,β-unsaturated/α-hetero) is 1. The van der Waals surface area contributed by atoms with Crippen molar-refractivity contribution in [2.24, 2.45) is 11.7 Å². The van der Waals surface area contributed by atoms with Gasteiger partial charge in [0.25, 0.3) is 11.8 Å². The fourth-order valence-electron chi connectivity index (χ4n) is 7.64. The fraction of sp³-hybridized carbons (Fsp3) is 0.528. The second-order valence-electron chi connectivity index (χ2n) is 14.4. The predicted molar refractivity (Wildman–Crippen MR) is 181 cm³/mol. The van der Waals surface area contributed by atoms with Gasteiger partial charge in [0.1, 0.15) is 23.2 Å². The minimum Gasteiger partial charge on any atom is -0.384 e. The Bertz CT molecular complexity index is 1770. The number of ether oxygens (including phenoxy) is 1. The van der Waals surface area contributed by atoms with Crippen LogP contribution in [-0.2, 0) is 29.5 Å². The summed E-state index contributed by atoms with van der Waals surface area (Å²) < 4.78 is 6.93. The van der Waals surface area contributed by atoms with E-state index in [0.29, 0.717) is 17.7 Å². The Morgan fingerprint density at radius 1 is 1.08 bits per heavy atom. The quantitative estimate of drug-likeness (QED) is 0.218. The van der Waals surface area contributed by atoms with Crippen LogP contribution in [0, 0.1) is 5.92 Å². The van der Waals surface area contributed by atoms with E-state index in [1.807, 2.05) is 30.3 Å². The van der Waals surface area contributed by atoms with Gasteiger partial charge in [0.05, 0.1) is 24.5 Å². The van der Waals surface area contributed by atoms with Crippen LogP contribution in [-0.4, -0.2) is 91.8 Å². The summed E-state index contributed by atoms with van der Waals surface area (Å²) in [7, 11) is 0. The number of hydrogen-bond acceptors (Lipinski definition) is 9. The molecule has 5 N–H and O–H groups in total. The summed E-state index contributed by atoms with van der Waals surface area (Å²) >= 11 is 0. The monoisotopic (exact) mass is 687 g/mol. The van der Waals surface area contributed by atoms with Gasteiger partial charge in [-0.15, -0.1) is 5.10 Å². The van der Waals surface area contributed by atoms with Crippen LogP contribution in [0.25, 0.3) is 10.8 Å². The van der Waals surface area contributed by atoms with Crippen molar-refractivity contribution in [3.63, 3.8) is 0 Å². The number of rotatable bonds is 11. The van der Waals surface area contributed by atoms with Crippen molar-refractivity contribution in [3.05, 3.63) is 59.9 Å². The number of ketones is 1. The molecule has 0 radical (unpaired) electrons. The number of benzene rings is 2. The fourth-order valence-corrected chi connectivity index (χ4v) is 7.64. The Morgan fingerprint density at radius 3 is 2.50 bits per heavy atom. The molecule has 14 heteroatoms. The van der Waals surface area contributed by atoms with Gasteiger partial charge in [-0.3, -0.25) is 24.0 Å². The zero-order chi connectivity index (χ0) is 35.6. The standard InChI is InChI=1S/C36H45N7O7/c1-35(2,49)29-19-38-41-43(29)26-18-28(33(47)40-36(14-15-50-21-36)30(44)31(37)45)42(20-26)34(48)27(16-22-8-4-3-5-9-22)39-32(46)25-13-12-23-10-6-7-11-24(23)17-25/h6-7,10-13,17,19,22,26-28,49H,3-5,8-9,14-16,18,20-21H2,1-2H3,(H2,37,45)(H,39,46)(H,40,47)/t26-,27?,28-,36?/m0/s1. The van der Waals surface area contributed by atoms with Gasteiger partial charge in [-0.1, -0.05) is 67.6 Å². The molecule has 3 aromatic rings. The van der Waals surface area contributed by atoms with E-state index in [4.69, 9.17) is 10.5 Å². The lowest BCUT2D eigenvalue weighted by Gasteiger charge is -2.33. The van der Waals surface area contributed by atoms with Gasteiger partial charge in [0.2, 0.25) is 17.6 Å². The maximum atomic E-state index is 14.7. The van der Waals surface area contributed by atoms with E-state index in [1.54, 1.807) is 26.0 Å². The number of fused-ring (bicyclic) bond motifs is 1. The molecule has 0 bridgehead atoms. The zero-order valence-corrected chi connectivity index (χ0v) is 28.5. The molecule has 4 amide bonds. The number of primary amides is 1. The van der Waals surface area contributed by atoms with E-state index in [2.05, 4.69) is 20.9 Å². The molecule has 266 valence electrons. The van der Waals surface area contributed by atoms with Gasteiger partial charge in [0, 0.05) is 31.6 Å². The molecular formula is C36H45N7O7. The highest BCUT2D eigenvalue weighted by Gasteiger charge is 2.50. The Morgan fingerprint density at radius 2 is 1.82 bits per heavy atom. The third-order valence-electron chi connectivity index (χ3n) is 10.4. The molecule has 3 aliphatic rings. The molecule has 3 fully saturated rings. The second kappa shape index (κ2) is 14.3. The number of aliphatic hydroxyl groups is 1. The predicted octanol–water partition coefficient (Wildman–Crippen LogP) is 1.90. The molecule has 2 aromatic carbocycles. The number of carbonyl (C=O) groups excluding carboxylic acids is 5. The summed E-state index contributed by atoms with van der Waals surface area (Å²) in [6, 6.07) is 10.4. The molecule has 1 saturated carbocycles. The maximum absolute atomic E-state index is 14.7. The molecule has 2 aliphatic heterocycles. The number of nitrogens with one attached hydrogen (secondary N) is 2. The zero-order valence-electron chi connectivity index (χ0n) is 28.5. The SMILES string of the molecule is CC(C)(O)c1cnnn1[C@H]1C[C@@H](C(=O)NC2(C(=O)C(N)=O)CCOC2)N(C(=O)C(CC2CCCCC2)NC(=O)c2ccc3ccccc3c2)C1. The van der Waals surface area contributed by atoms with Crippen LogP contribution in [0.4, 0.5) is 0 Å². The first-order chi connectivity index (χ1) is 23.9. The highest BCUT2D eigenvalue weighted by atomic mass is 16.5. The molecule has 6 rings (SSSR count). The summed E-state index contributed by atoms with van der Waals surface area (Å²) in [5, 5.41) is 26.7. The number of hydrogen-bond donors (Lipinski definition) is 4. The average Bonchev–Trinajstić information content (AvgIpc) is 3.88. The lowest BCUT2D eigenvalue weighted by atomic mass is 9.84. The van der Waals surface area contributed by atoms with E-state index in [0.717, 1.165) is 42.9 Å². The Labute approximate surface area is 290 Å². The van der Waals surface area contributed by atoms with Crippen LogP contribution < -0.4 is 16.4 Å². The molecule has 4 atom stereocenters. The molecule has 3 heterocycles. The highest BCUT2D eigenvalue weighted by molar-refractivity contribution is 6.39. The van der Waals surface area contributed by atoms with E-state index in [-0.39, 0.29) is 38.5 Å². The van der Waals surface area contributed by atoms with E-state index < -0.39 is 58.7 Å². The van der Waals surface area contributed by atoms with Crippen molar-refractivity contribution in [3.8, 4) is 0 Å². The van der Waals surface area contributed by atoms with Crippen LogP contribution in [0.2, 0.25) is 0 Å². The molecule has 2 unspecified atom stereocenters. The minimum atomic E-state index is -1.66. The number of likely N-dealkylation sites (tertiary alicyclic amines) is 1. The summed E-state index contributed by atoms with van der Waals surface area (Å²) in [6.45, 7) is 3.10. The molecule has 50 heavy (non-hydrogen) atoms. The topological polar surface area (TPSA) is 199 Å². The summed E-state index contributed by atoms with van der Waals surface area (Å²) in [5.74, 6) is -3.50. The van der Waals surface area contributed by atoms with Gasteiger partial charge in [-0.2, -0.15) is 0 Å². The highest BCUT2D eigenvalue weighted by Crippen LogP contribution is 2.34. The number of aromatic nitrogens is 3.